The second kappa shape index (κ2) is 7.30. The van der Waals surface area contributed by atoms with E-state index in [2.05, 4.69) is 38.0 Å². The quantitative estimate of drug-likeness (QED) is 0.769. The van der Waals surface area contributed by atoms with Crippen LogP contribution < -0.4 is 4.90 Å². The summed E-state index contributed by atoms with van der Waals surface area (Å²) in [7, 11) is 0. The number of H-pyrrole nitrogens is 1. The predicted molar refractivity (Wildman–Crippen MR) is 103 cm³/mol. The molecule has 0 saturated carbocycles. The van der Waals surface area contributed by atoms with Crippen LogP contribution in [0.2, 0.25) is 5.02 Å². The molecule has 2 aromatic carbocycles. The number of aromatic nitrogens is 2. The summed E-state index contributed by atoms with van der Waals surface area (Å²) in [5, 5.41) is 0.797. The lowest BCUT2D eigenvalue weighted by Crippen LogP contribution is -2.46. The third kappa shape index (κ3) is 3.86. The van der Waals surface area contributed by atoms with E-state index < -0.39 is 0 Å². The normalized spacial score (nSPS) is 15.5. The van der Waals surface area contributed by atoms with Gasteiger partial charge in [0.2, 0.25) is 0 Å². The van der Waals surface area contributed by atoms with E-state index in [1.165, 1.54) is 5.69 Å². The summed E-state index contributed by atoms with van der Waals surface area (Å²) < 4.78 is 0. The fourth-order valence-corrected chi connectivity index (χ4v) is 3.44. The SMILES string of the molecule is Clc1cccc(N2CCN(Cc3cnc(-c4ccccc4)[nH]3)CC2)c1. The minimum absolute atomic E-state index is 0.797. The molecule has 0 radical (unpaired) electrons. The Morgan fingerprint density at radius 3 is 2.52 bits per heavy atom. The lowest BCUT2D eigenvalue weighted by Gasteiger charge is -2.35. The molecule has 0 unspecified atom stereocenters. The van der Waals surface area contributed by atoms with Crippen LogP contribution in [-0.2, 0) is 6.54 Å². The molecule has 5 heteroatoms. The maximum Gasteiger partial charge on any atom is 0.137 e. The lowest BCUT2D eigenvalue weighted by atomic mass is 10.2. The maximum absolute atomic E-state index is 6.10. The number of nitrogens with zero attached hydrogens (tertiary/aromatic N) is 3. The van der Waals surface area contributed by atoms with Gasteiger partial charge in [-0.1, -0.05) is 48.0 Å². The first kappa shape index (κ1) is 16.2. The first-order valence-corrected chi connectivity index (χ1v) is 8.98. The van der Waals surface area contributed by atoms with Crippen molar-refractivity contribution in [3.05, 3.63) is 71.5 Å². The summed E-state index contributed by atoms with van der Waals surface area (Å²) in [5.74, 6) is 0.938. The van der Waals surface area contributed by atoms with E-state index >= 15 is 0 Å². The number of imidazole rings is 1. The molecule has 4 nitrogen and oxygen atoms in total. The summed E-state index contributed by atoms with van der Waals surface area (Å²) in [6.07, 6.45) is 1.95. The Hall–Kier alpha value is -2.30. The molecule has 0 spiro atoms. The van der Waals surface area contributed by atoms with Crippen LogP contribution in [0.25, 0.3) is 11.4 Å². The molecule has 1 saturated heterocycles. The van der Waals surface area contributed by atoms with Crippen molar-refractivity contribution >= 4 is 17.3 Å². The summed E-state index contributed by atoms with van der Waals surface area (Å²) in [6, 6.07) is 18.3. The summed E-state index contributed by atoms with van der Waals surface area (Å²) >= 11 is 6.10. The molecule has 0 atom stereocenters. The van der Waals surface area contributed by atoms with Crippen molar-refractivity contribution in [2.45, 2.75) is 6.54 Å². The second-order valence-corrected chi connectivity index (χ2v) is 6.80. The third-order valence-electron chi connectivity index (χ3n) is 4.62. The van der Waals surface area contributed by atoms with Gasteiger partial charge in [0.25, 0.3) is 0 Å². The molecule has 25 heavy (non-hydrogen) atoms. The monoisotopic (exact) mass is 352 g/mol. The lowest BCUT2D eigenvalue weighted by molar-refractivity contribution is 0.247. The van der Waals surface area contributed by atoms with Gasteiger partial charge < -0.3 is 9.88 Å². The van der Waals surface area contributed by atoms with Gasteiger partial charge in [-0.05, 0) is 18.2 Å². The minimum Gasteiger partial charge on any atom is -0.369 e. The molecule has 128 valence electrons. The van der Waals surface area contributed by atoms with Crippen LogP contribution in [0.15, 0.2) is 60.8 Å². The smallest absolute Gasteiger partial charge is 0.137 e. The average molecular weight is 353 g/mol. The minimum atomic E-state index is 0.797. The Morgan fingerprint density at radius 2 is 1.76 bits per heavy atom. The van der Waals surface area contributed by atoms with E-state index in [1.807, 2.05) is 42.6 Å². The first-order valence-electron chi connectivity index (χ1n) is 8.60. The van der Waals surface area contributed by atoms with Crippen LogP contribution in [0, 0.1) is 0 Å². The second-order valence-electron chi connectivity index (χ2n) is 6.37. The number of hydrogen-bond acceptors (Lipinski definition) is 3. The molecule has 4 rings (SSSR count). The number of aromatic amines is 1. The van der Waals surface area contributed by atoms with Crippen LogP contribution in [0.3, 0.4) is 0 Å². The van der Waals surface area contributed by atoms with Gasteiger partial charge in [-0.2, -0.15) is 0 Å². The van der Waals surface area contributed by atoms with E-state index in [-0.39, 0.29) is 0 Å². The molecule has 1 N–H and O–H groups in total. The fourth-order valence-electron chi connectivity index (χ4n) is 3.26. The van der Waals surface area contributed by atoms with Crippen molar-refractivity contribution in [1.82, 2.24) is 14.9 Å². The fraction of sp³-hybridized carbons (Fsp3) is 0.250. The van der Waals surface area contributed by atoms with E-state index in [0.29, 0.717) is 0 Å². The van der Waals surface area contributed by atoms with Crippen molar-refractivity contribution in [3.8, 4) is 11.4 Å². The zero-order valence-electron chi connectivity index (χ0n) is 14.0. The van der Waals surface area contributed by atoms with Gasteiger partial charge in [-0.3, -0.25) is 4.90 Å². The first-order chi connectivity index (χ1) is 12.3. The van der Waals surface area contributed by atoms with E-state index in [9.17, 15) is 0 Å². The Kier molecular flexibility index (Phi) is 4.72. The van der Waals surface area contributed by atoms with Crippen LogP contribution in [0.4, 0.5) is 5.69 Å². The largest absolute Gasteiger partial charge is 0.369 e. The zero-order chi connectivity index (χ0) is 17.1. The predicted octanol–water partition coefficient (Wildman–Crippen LogP) is 4.05. The maximum atomic E-state index is 6.10. The number of halogens is 1. The highest BCUT2D eigenvalue weighted by Gasteiger charge is 2.18. The number of rotatable bonds is 4. The topological polar surface area (TPSA) is 35.2 Å². The Labute approximate surface area is 153 Å². The van der Waals surface area contributed by atoms with Crippen LogP contribution in [0.5, 0.6) is 0 Å². The highest BCUT2D eigenvalue weighted by molar-refractivity contribution is 6.30. The highest BCUT2D eigenvalue weighted by Crippen LogP contribution is 2.21. The van der Waals surface area contributed by atoms with Gasteiger partial charge in [0.1, 0.15) is 5.82 Å². The summed E-state index contributed by atoms with van der Waals surface area (Å²) in [4.78, 5) is 12.8. The van der Waals surface area contributed by atoms with E-state index in [0.717, 1.165) is 54.8 Å². The van der Waals surface area contributed by atoms with Crippen molar-refractivity contribution < 1.29 is 0 Å². The van der Waals surface area contributed by atoms with Gasteiger partial charge in [0, 0.05) is 60.9 Å². The molecule has 0 bridgehead atoms. The van der Waals surface area contributed by atoms with Crippen molar-refractivity contribution in [2.24, 2.45) is 0 Å². The molecule has 2 heterocycles. The number of anilines is 1. The van der Waals surface area contributed by atoms with Crippen LogP contribution >= 0.6 is 11.6 Å². The standard InChI is InChI=1S/C20H21ClN4/c21-17-7-4-8-19(13-17)25-11-9-24(10-12-25)15-18-14-22-20(23-18)16-5-2-1-3-6-16/h1-8,13-14H,9-12,15H2,(H,22,23). The van der Waals surface area contributed by atoms with Crippen LogP contribution in [0.1, 0.15) is 5.69 Å². The highest BCUT2D eigenvalue weighted by atomic mass is 35.5. The molecule has 1 aromatic heterocycles. The Balaban J connectivity index is 1.35. The summed E-state index contributed by atoms with van der Waals surface area (Å²) in [5.41, 5.74) is 3.50. The molecule has 1 aliphatic rings. The van der Waals surface area contributed by atoms with E-state index in [1.54, 1.807) is 0 Å². The Bertz CT molecular complexity index is 822. The van der Waals surface area contributed by atoms with Crippen molar-refractivity contribution in [1.29, 1.82) is 0 Å². The van der Waals surface area contributed by atoms with Crippen LogP contribution in [-0.4, -0.2) is 41.0 Å². The zero-order valence-corrected chi connectivity index (χ0v) is 14.8. The molecule has 1 aliphatic heterocycles. The van der Waals surface area contributed by atoms with Gasteiger partial charge in [0.15, 0.2) is 0 Å². The molecule has 3 aromatic rings. The number of nitrogens with one attached hydrogen (secondary N) is 1. The molecular weight excluding hydrogens is 332 g/mol. The molecule has 1 fully saturated rings. The van der Waals surface area contributed by atoms with Gasteiger partial charge in [0.05, 0.1) is 0 Å². The molecule has 0 amide bonds. The average Bonchev–Trinajstić information content (AvgIpc) is 3.12. The number of hydrogen-bond donors (Lipinski definition) is 1. The van der Waals surface area contributed by atoms with Gasteiger partial charge >= 0.3 is 0 Å². The number of benzene rings is 2. The van der Waals surface area contributed by atoms with Gasteiger partial charge in [-0.25, -0.2) is 4.98 Å². The van der Waals surface area contributed by atoms with Gasteiger partial charge in [-0.15, -0.1) is 0 Å². The molecular formula is C20H21ClN4. The van der Waals surface area contributed by atoms with Crippen molar-refractivity contribution in [2.75, 3.05) is 31.1 Å². The van der Waals surface area contributed by atoms with Crippen molar-refractivity contribution in [3.63, 3.8) is 0 Å². The summed E-state index contributed by atoms with van der Waals surface area (Å²) in [6.45, 7) is 5.00. The Morgan fingerprint density at radius 1 is 0.960 bits per heavy atom. The third-order valence-corrected chi connectivity index (χ3v) is 4.85. The number of piperazine rings is 1. The van der Waals surface area contributed by atoms with E-state index in [4.69, 9.17) is 11.6 Å². The molecule has 0 aliphatic carbocycles.